The van der Waals surface area contributed by atoms with Gasteiger partial charge in [-0.15, -0.1) is 11.3 Å². The van der Waals surface area contributed by atoms with Crippen molar-refractivity contribution in [1.29, 1.82) is 0 Å². The van der Waals surface area contributed by atoms with E-state index in [-0.39, 0.29) is 12.4 Å². The number of hydrogen-bond donors (Lipinski definition) is 0. The van der Waals surface area contributed by atoms with Gasteiger partial charge < -0.3 is 4.74 Å². The first-order valence-electron chi connectivity index (χ1n) is 6.96. The number of ether oxygens (including phenoxy) is 1. The Morgan fingerprint density at radius 2 is 2.30 bits per heavy atom. The summed E-state index contributed by atoms with van der Waals surface area (Å²) in [6.07, 6.45) is 2.86. The predicted molar refractivity (Wildman–Crippen MR) is 79.9 cm³/mol. The van der Waals surface area contributed by atoms with Gasteiger partial charge in [-0.1, -0.05) is 18.2 Å². The van der Waals surface area contributed by atoms with Crippen molar-refractivity contribution in [1.82, 2.24) is 4.98 Å². The lowest BCUT2D eigenvalue weighted by Gasteiger charge is -2.01. The second-order valence-corrected chi connectivity index (χ2v) is 5.88. The lowest BCUT2D eigenvalue weighted by atomic mass is 10.1. The molecule has 1 aromatic carbocycles. The van der Waals surface area contributed by atoms with Gasteiger partial charge in [-0.2, -0.15) is 0 Å². The molecule has 0 unspecified atom stereocenters. The van der Waals surface area contributed by atoms with E-state index in [1.54, 1.807) is 11.3 Å². The summed E-state index contributed by atoms with van der Waals surface area (Å²) in [5, 5.41) is 2.92. The molecular weight excluding hydrogens is 270 g/mol. The van der Waals surface area contributed by atoms with Crippen molar-refractivity contribution in [2.45, 2.75) is 32.1 Å². The summed E-state index contributed by atoms with van der Waals surface area (Å²) in [5.41, 5.74) is 3.35. The van der Waals surface area contributed by atoms with Crippen LogP contribution in [0.25, 0.3) is 10.6 Å². The fourth-order valence-corrected chi connectivity index (χ4v) is 3.04. The van der Waals surface area contributed by atoms with Crippen molar-refractivity contribution >= 4 is 17.3 Å². The normalized spacial score (nSPS) is 14.2. The van der Waals surface area contributed by atoms with E-state index in [1.807, 2.05) is 12.3 Å². The Morgan fingerprint density at radius 1 is 1.45 bits per heavy atom. The van der Waals surface area contributed by atoms with Crippen molar-refractivity contribution < 1.29 is 9.53 Å². The number of carbonyl (C=O) groups is 1. The minimum atomic E-state index is -0.212. The molecule has 3 rings (SSSR count). The van der Waals surface area contributed by atoms with Gasteiger partial charge in [0.2, 0.25) is 0 Å². The van der Waals surface area contributed by atoms with Crippen molar-refractivity contribution in [3.8, 4) is 10.6 Å². The maximum Gasteiger partial charge on any atom is 0.311 e. The van der Waals surface area contributed by atoms with Crippen LogP contribution in [0.1, 0.15) is 36.9 Å². The third-order valence-corrected chi connectivity index (χ3v) is 4.31. The highest BCUT2D eigenvalue weighted by Crippen LogP contribution is 2.41. The zero-order valence-corrected chi connectivity index (χ0v) is 12.3. The van der Waals surface area contributed by atoms with E-state index >= 15 is 0 Å². The first-order chi connectivity index (χ1) is 9.76. The van der Waals surface area contributed by atoms with E-state index in [4.69, 9.17) is 4.74 Å². The highest BCUT2D eigenvalue weighted by atomic mass is 32.1. The minimum absolute atomic E-state index is 0.212. The van der Waals surface area contributed by atoms with Crippen LogP contribution in [0.15, 0.2) is 29.6 Å². The molecule has 1 aromatic heterocycles. The number of carbonyl (C=O) groups excluding carboxylic acids is 1. The first kappa shape index (κ1) is 13.3. The average Bonchev–Trinajstić information content (AvgIpc) is 3.20. The number of hydrogen-bond acceptors (Lipinski definition) is 4. The first-order valence-corrected chi connectivity index (χ1v) is 7.84. The zero-order valence-electron chi connectivity index (χ0n) is 11.5. The molecule has 1 heterocycles. The van der Waals surface area contributed by atoms with Crippen LogP contribution in [-0.2, 0) is 16.0 Å². The Balaban J connectivity index is 1.75. The molecule has 104 valence electrons. The summed E-state index contributed by atoms with van der Waals surface area (Å²) in [6, 6.07) is 8.59. The Kier molecular flexibility index (Phi) is 3.83. The van der Waals surface area contributed by atoms with E-state index < -0.39 is 0 Å². The Morgan fingerprint density at radius 3 is 3.05 bits per heavy atom. The van der Waals surface area contributed by atoms with E-state index in [2.05, 4.69) is 29.2 Å². The van der Waals surface area contributed by atoms with Crippen LogP contribution < -0.4 is 0 Å². The summed E-state index contributed by atoms with van der Waals surface area (Å²) >= 11 is 1.58. The summed E-state index contributed by atoms with van der Waals surface area (Å²) in [5.74, 6) is 0.532. The highest BCUT2D eigenvalue weighted by molar-refractivity contribution is 7.13. The number of esters is 1. The molecule has 0 N–H and O–H groups in total. The van der Waals surface area contributed by atoms with Gasteiger partial charge in [-0.05, 0) is 37.3 Å². The molecule has 0 radical (unpaired) electrons. The van der Waals surface area contributed by atoms with Crippen LogP contribution in [0.2, 0.25) is 0 Å². The monoisotopic (exact) mass is 287 g/mol. The Hall–Kier alpha value is -1.68. The van der Waals surface area contributed by atoms with Gasteiger partial charge in [0.1, 0.15) is 5.01 Å². The molecule has 0 atom stereocenters. The molecule has 1 aliphatic rings. The van der Waals surface area contributed by atoms with Gasteiger partial charge in [0, 0.05) is 10.9 Å². The van der Waals surface area contributed by atoms with E-state index in [9.17, 15) is 4.79 Å². The Labute approximate surface area is 122 Å². The lowest BCUT2D eigenvalue weighted by Crippen LogP contribution is -2.07. The topological polar surface area (TPSA) is 39.2 Å². The van der Waals surface area contributed by atoms with Crippen LogP contribution in [0, 0.1) is 0 Å². The third kappa shape index (κ3) is 3.07. The maximum absolute atomic E-state index is 11.5. The summed E-state index contributed by atoms with van der Waals surface area (Å²) in [7, 11) is 0. The summed E-state index contributed by atoms with van der Waals surface area (Å²) in [6.45, 7) is 2.23. The van der Waals surface area contributed by atoms with Gasteiger partial charge in [0.25, 0.3) is 0 Å². The number of nitrogens with zero attached hydrogens (tertiary/aromatic N) is 1. The fraction of sp³-hybridized carbons (Fsp3) is 0.375. The third-order valence-electron chi connectivity index (χ3n) is 3.36. The van der Waals surface area contributed by atoms with Crippen molar-refractivity contribution in [3.05, 3.63) is 40.9 Å². The number of thiazole rings is 1. The van der Waals surface area contributed by atoms with Crippen LogP contribution in [0.4, 0.5) is 0 Å². The number of benzene rings is 1. The molecule has 3 nitrogen and oxygen atoms in total. The van der Waals surface area contributed by atoms with Crippen LogP contribution in [-0.4, -0.2) is 17.6 Å². The quantitative estimate of drug-likeness (QED) is 0.785. The Bertz CT molecular complexity index is 616. The van der Waals surface area contributed by atoms with Gasteiger partial charge in [-0.3, -0.25) is 4.79 Å². The van der Waals surface area contributed by atoms with Gasteiger partial charge in [0.15, 0.2) is 0 Å². The molecule has 0 amide bonds. The minimum Gasteiger partial charge on any atom is -0.466 e. The molecular formula is C16H17NO2S. The molecule has 0 saturated heterocycles. The predicted octanol–water partition coefficient (Wildman–Crippen LogP) is 3.79. The molecule has 2 aromatic rings. The second kappa shape index (κ2) is 5.75. The molecule has 1 saturated carbocycles. The fourth-order valence-electron chi connectivity index (χ4n) is 2.22. The van der Waals surface area contributed by atoms with Crippen LogP contribution >= 0.6 is 11.3 Å². The molecule has 20 heavy (non-hydrogen) atoms. The maximum atomic E-state index is 11.5. The lowest BCUT2D eigenvalue weighted by molar-refractivity contribution is -0.142. The summed E-state index contributed by atoms with van der Waals surface area (Å²) < 4.78 is 4.95. The summed E-state index contributed by atoms with van der Waals surface area (Å²) in [4.78, 5) is 16.0. The molecule has 1 fully saturated rings. The zero-order chi connectivity index (χ0) is 13.9. The van der Waals surface area contributed by atoms with Gasteiger partial charge in [0.05, 0.1) is 18.7 Å². The van der Waals surface area contributed by atoms with Crippen molar-refractivity contribution in [2.75, 3.05) is 6.61 Å². The second-order valence-electron chi connectivity index (χ2n) is 5.03. The largest absolute Gasteiger partial charge is 0.466 e. The molecule has 0 spiro atoms. The number of aromatic nitrogens is 1. The van der Waals surface area contributed by atoms with Crippen molar-refractivity contribution in [3.63, 3.8) is 0 Å². The van der Waals surface area contributed by atoms with Crippen LogP contribution in [0.5, 0.6) is 0 Å². The van der Waals surface area contributed by atoms with E-state index in [1.165, 1.54) is 18.4 Å². The molecule has 0 aliphatic heterocycles. The van der Waals surface area contributed by atoms with E-state index in [0.717, 1.165) is 22.2 Å². The standard InChI is InChI=1S/C16H17NO2S/c1-2-19-15(18)9-14-10-20-16(17-14)13-5-3-4-12(8-13)11-6-7-11/h3-5,8,10-11H,2,6-7,9H2,1H3. The van der Waals surface area contributed by atoms with Gasteiger partial charge >= 0.3 is 5.97 Å². The smallest absolute Gasteiger partial charge is 0.311 e. The van der Waals surface area contributed by atoms with Crippen molar-refractivity contribution in [2.24, 2.45) is 0 Å². The van der Waals surface area contributed by atoms with Crippen LogP contribution in [0.3, 0.4) is 0 Å². The molecule has 1 aliphatic carbocycles. The molecule has 0 bridgehead atoms. The molecule has 4 heteroatoms. The average molecular weight is 287 g/mol. The van der Waals surface area contributed by atoms with E-state index in [0.29, 0.717) is 6.61 Å². The van der Waals surface area contributed by atoms with Gasteiger partial charge in [-0.25, -0.2) is 4.98 Å². The highest BCUT2D eigenvalue weighted by Gasteiger charge is 2.23. The number of rotatable bonds is 5. The SMILES string of the molecule is CCOC(=O)Cc1csc(-c2cccc(C3CC3)c2)n1.